The number of thioether (sulfide) groups is 1. The minimum atomic E-state index is -0.391. The van der Waals surface area contributed by atoms with Gasteiger partial charge in [0, 0.05) is 33.5 Å². The third-order valence-electron chi connectivity index (χ3n) is 9.23. The number of aromatic nitrogens is 2. The molecule has 5 heteroatoms. The molecule has 0 fully saturated rings. The van der Waals surface area contributed by atoms with Crippen molar-refractivity contribution in [1.82, 2.24) is 9.97 Å². The predicted molar refractivity (Wildman–Crippen MR) is 152 cm³/mol. The molecule has 6 rings (SSSR count). The van der Waals surface area contributed by atoms with Crippen LogP contribution in [0.1, 0.15) is 66.8 Å². The number of ether oxygens (including phenoxy) is 2. The van der Waals surface area contributed by atoms with Crippen LogP contribution < -0.4 is 10.7 Å². The van der Waals surface area contributed by atoms with E-state index in [1.165, 1.54) is 33.4 Å². The minimum Gasteiger partial charge on any atom is -0.493 e. The summed E-state index contributed by atoms with van der Waals surface area (Å²) in [4.78, 5) is 10.7. The van der Waals surface area contributed by atoms with Crippen molar-refractivity contribution in [2.24, 2.45) is 21.7 Å². The molecule has 4 nitrogen and oxygen atoms in total. The summed E-state index contributed by atoms with van der Waals surface area (Å²) in [5.74, 6) is 3.50. The first-order chi connectivity index (χ1) is 17.3. The van der Waals surface area contributed by atoms with Crippen molar-refractivity contribution in [3.05, 3.63) is 80.2 Å². The lowest BCUT2D eigenvalue weighted by Gasteiger charge is -2.58. The summed E-state index contributed by atoms with van der Waals surface area (Å²) in [6, 6.07) is 0. The second-order valence-electron chi connectivity index (χ2n) is 13.3. The number of allylic oxidation sites excluding steroid dienone is 8. The molecule has 0 N–H and O–H groups in total. The lowest BCUT2D eigenvalue weighted by molar-refractivity contribution is 0.170. The molecule has 1 aromatic rings. The Morgan fingerprint density at radius 2 is 1.05 bits per heavy atom. The van der Waals surface area contributed by atoms with E-state index in [0.29, 0.717) is 0 Å². The molecule has 0 radical (unpaired) electrons. The minimum absolute atomic E-state index is 0.0412. The average Bonchev–Trinajstić information content (AvgIpc) is 3.27. The summed E-state index contributed by atoms with van der Waals surface area (Å²) in [6.45, 7) is 18.4. The van der Waals surface area contributed by atoms with Gasteiger partial charge in [0.2, 0.25) is 0 Å². The number of methoxy groups -OCH3 is 2. The third kappa shape index (κ3) is 3.04. The summed E-state index contributed by atoms with van der Waals surface area (Å²) in [6.07, 6.45) is 9.51. The molecule has 0 saturated carbocycles. The van der Waals surface area contributed by atoms with Crippen molar-refractivity contribution < 1.29 is 9.47 Å². The highest BCUT2D eigenvalue weighted by molar-refractivity contribution is 7.98. The Morgan fingerprint density at radius 1 is 0.676 bits per heavy atom. The Balaban J connectivity index is 1.90. The van der Waals surface area contributed by atoms with E-state index < -0.39 is 10.8 Å². The highest BCUT2D eigenvalue weighted by Gasteiger charge is 2.62. The average molecular weight is 515 g/mol. The number of nitrogens with zero attached hydrogens (tertiary/aromatic N) is 2. The summed E-state index contributed by atoms with van der Waals surface area (Å²) >= 11 is 1.90. The van der Waals surface area contributed by atoms with Gasteiger partial charge < -0.3 is 9.47 Å². The van der Waals surface area contributed by atoms with E-state index in [4.69, 9.17) is 19.4 Å². The first-order valence-corrected chi connectivity index (χ1v) is 14.4. The molecular formula is C32H38N2O2S. The Labute approximate surface area is 225 Å². The molecule has 4 aliphatic carbocycles. The molecule has 5 aliphatic rings. The Hall–Kier alpha value is -2.53. The zero-order chi connectivity index (χ0) is 26.7. The van der Waals surface area contributed by atoms with Gasteiger partial charge in [-0.2, -0.15) is 0 Å². The molecule has 1 aromatic heterocycles. The van der Waals surface area contributed by atoms with Crippen LogP contribution in [-0.2, 0) is 21.0 Å². The molecule has 2 atom stereocenters. The van der Waals surface area contributed by atoms with Gasteiger partial charge in [0.05, 0.1) is 36.3 Å². The fourth-order valence-corrected chi connectivity index (χ4v) is 7.67. The summed E-state index contributed by atoms with van der Waals surface area (Å²) in [5, 5.41) is 2.07. The maximum Gasteiger partial charge on any atom is 0.165 e. The van der Waals surface area contributed by atoms with E-state index in [9.17, 15) is 0 Å². The fourth-order valence-electron chi connectivity index (χ4n) is 6.72. The molecule has 0 saturated heterocycles. The van der Waals surface area contributed by atoms with Crippen LogP contribution in [0.2, 0.25) is 0 Å². The van der Waals surface area contributed by atoms with Gasteiger partial charge in [-0.1, -0.05) is 65.8 Å². The summed E-state index contributed by atoms with van der Waals surface area (Å²) in [7, 11) is 3.54. The van der Waals surface area contributed by atoms with Gasteiger partial charge >= 0.3 is 0 Å². The third-order valence-corrected chi connectivity index (χ3v) is 10.2. The number of hydrogen-bond donors (Lipinski definition) is 0. The van der Waals surface area contributed by atoms with E-state index in [1.54, 1.807) is 14.2 Å². The molecule has 0 aromatic carbocycles. The molecule has 2 unspecified atom stereocenters. The molecule has 37 heavy (non-hydrogen) atoms. The maximum absolute atomic E-state index is 6.21. The quantitative estimate of drug-likeness (QED) is 0.492. The van der Waals surface area contributed by atoms with Crippen molar-refractivity contribution in [2.45, 2.75) is 66.9 Å². The Bertz CT molecular complexity index is 1440. The molecular weight excluding hydrogens is 476 g/mol. The predicted octanol–water partition coefficient (Wildman–Crippen LogP) is 5.89. The van der Waals surface area contributed by atoms with Gasteiger partial charge in [0.1, 0.15) is 0 Å². The molecule has 0 amide bonds. The molecule has 194 valence electrons. The lowest BCUT2D eigenvalue weighted by Crippen LogP contribution is -2.58. The van der Waals surface area contributed by atoms with Crippen molar-refractivity contribution in [3.63, 3.8) is 0 Å². The van der Waals surface area contributed by atoms with Crippen molar-refractivity contribution >= 4 is 22.9 Å². The first kappa shape index (κ1) is 24.8. The monoisotopic (exact) mass is 514 g/mol. The maximum atomic E-state index is 6.21. The van der Waals surface area contributed by atoms with E-state index >= 15 is 0 Å². The zero-order valence-electron chi connectivity index (χ0n) is 23.8. The highest BCUT2D eigenvalue weighted by Crippen LogP contribution is 2.69. The van der Waals surface area contributed by atoms with Crippen LogP contribution in [0, 0.1) is 21.7 Å². The van der Waals surface area contributed by atoms with Gasteiger partial charge in [0.15, 0.2) is 11.5 Å². The summed E-state index contributed by atoms with van der Waals surface area (Å²) in [5.41, 5.74) is 8.76. The number of rotatable bonds is 2. The zero-order valence-corrected chi connectivity index (χ0v) is 24.7. The van der Waals surface area contributed by atoms with Gasteiger partial charge in [-0.15, -0.1) is 11.8 Å². The second kappa shape index (κ2) is 7.53. The number of hydrogen-bond acceptors (Lipinski definition) is 5. The molecule has 0 bridgehead atoms. The van der Waals surface area contributed by atoms with Crippen LogP contribution in [0.15, 0.2) is 58.1 Å². The van der Waals surface area contributed by atoms with E-state index in [2.05, 4.69) is 79.7 Å². The Morgan fingerprint density at radius 3 is 1.38 bits per heavy atom. The lowest BCUT2D eigenvalue weighted by atomic mass is 9.45. The first-order valence-electron chi connectivity index (χ1n) is 13.2. The van der Waals surface area contributed by atoms with Crippen LogP contribution >= 0.6 is 11.8 Å². The van der Waals surface area contributed by atoms with Crippen molar-refractivity contribution in [3.8, 4) is 0 Å². The fraction of sp³-hybridized carbons (Fsp3) is 0.500. The van der Waals surface area contributed by atoms with Gasteiger partial charge in [0.25, 0.3) is 0 Å². The van der Waals surface area contributed by atoms with Gasteiger partial charge in [-0.25, -0.2) is 9.97 Å². The smallest absolute Gasteiger partial charge is 0.165 e. The normalized spacial score (nSPS) is 28.1. The topological polar surface area (TPSA) is 44.2 Å². The van der Waals surface area contributed by atoms with E-state index in [1.807, 2.05) is 11.8 Å². The highest BCUT2D eigenvalue weighted by atomic mass is 32.2. The van der Waals surface area contributed by atoms with Crippen LogP contribution in [0.4, 0.5) is 0 Å². The van der Waals surface area contributed by atoms with E-state index in [-0.39, 0.29) is 10.8 Å². The summed E-state index contributed by atoms with van der Waals surface area (Å²) < 4.78 is 12.4. The van der Waals surface area contributed by atoms with Crippen LogP contribution in [0.5, 0.6) is 0 Å². The molecule has 1 aliphatic heterocycles. The standard InChI is InChI=1S/C32H38N2O2S/c1-29(2,3)17-11-19-25-26(34-24-16-37-15-23(24)33-25)20-12-18(30(4,5)6)14-22-28(36-10)27(35-9)21(13-17)31(19,7)32(20,22)8/h11-14H,15-16H2,1-10H3. The molecule has 2 heterocycles. The largest absolute Gasteiger partial charge is 0.493 e. The van der Waals surface area contributed by atoms with Crippen LogP contribution in [0.3, 0.4) is 0 Å². The van der Waals surface area contributed by atoms with Gasteiger partial charge in [-0.3, -0.25) is 0 Å². The number of fused-ring (bicyclic) bond motifs is 2. The Kier molecular flexibility index (Phi) is 5.04. The SMILES string of the molecule is COC1=C(OC)C2=CC(C(C)(C)C)=CC3=c4nc5c(nc4=C4C=C(C(C)(C)C)C=C1C4(C)C23C)CSC5. The molecule has 0 spiro atoms. The van der Waals surface area contributed by atoms with Crippen LogP contribution in [-0.4, -0.2) is 24.2 Å². The van der Waals surface area contributed by atoms with Crippen LogP contribution in [0.25, 0.3) is 11.1 Å². The van der Waals surface area contributed by atoms with E-state index in [0.717, 1.165) is 45.1 Å². The van der Waals surface area contributed by atoms with Crippen molar-refractivity contribution in [2.75, 3.05) is 14.2 Å². The van der Waals surface area contributed by atoms with Crippen molar-refractivity contribution in [1.29, 1.82) is 0 Å². The van der Waals surface area contributed by atoms with Gasteiger partial charge in [-0.05, 0) is 47.0 Å². The second-order valence-corrected chi connectivity index (χ2v) is 14.3.